The number of nitrogens with zero attached hydrogens (tertiary/aromatic N) is 2. The van der Waals surface area contributed by atoms with Gasteiger partial charge >= 0.3 is 0 Å². The first-order valence-corrected chi connectivity index (χ1v) is 11.2. The van der Waals surface area contributed by atoms with Crippen molar-refractivity contribution in [3.8, 4) is 0 Å². The molecule has 1 atom stereocenters. The van der Waals surface area contributed by atoms with E-state index in [0.717, 1.165) is 28.7 Å². The molecule has 0 aromatic carbocycles. The minimum absolute atomic E-state index is 0.0413. The van der Waals surface area contributed by atoms with Crippen LogP contribution in [0.4, 0.5) is 0 Å². The van der Waals surface area contributed by atoms with Crippen molar-refractivity contribution in [3.63, 3.8) is 0 Å². The third kappa shape index (κ3) is 3.84. The van der Waals surface area contributed by atoms with Crippen LogP contribution in [0.3, 0.4) is 0 Å². The van der Waals surface area contributed by atoms with Gasteiger partial charge in [0.2, 0.25) is 0 Å². The topological polar surface area (TPSA) is 84.8 Å². The predicted octanol–water partition coefficient (Wildman–Crippen LogP) is 2.73. The van der Waals surface area contributed by atoms with Gasteiger partial charge in [-0.3, -0.25) is 4.79 Å². The number of Topliss-reactive ketones (excluding diaryl/α,β-unsaturated/α-hetero) is 1. The molecule has 0 bridgehead atoms. The molecule has 3 heterocycles. The number of nitrogens with one attached hydrogen (secondary N) is 1. The summed E-state index contributed by atoms with van der Waals surface area (Å²) in [5, 5.41) is 0.751. The van der Waals surface area contributed by atoms with E-state index in [0.29, 0.717) is 17.7 Å². The summed E-state index contributed by atoms with van der Waals surface area (Å²) >= 11 is 1.39. The van der Waals surface area contributed by atoms with E-state index in [1.54, 1.807) is 6.20 Å². The number of H-pyrrole nitrogens is 1. The average molecular weight is 382 g/mol. The van der Waals surface area contributed by atoms with Gasteiger partial charge < -0.3 is 9.55 Å². The third-order valence-corrected chi connectivity index (χ3v) is 7.32. The number of aromatic amines is 1. The molecule has 3 rings (SSSR count). The summed E-state index contributed by atoms with van der Waals surface area (Å²) < 4.78 is 25.6. The van der Waals surface area contributed by atoms with E-state index < -0.39 is 9.84 Å². The molecular weight excluding hydrogens is 358 g/mol. The molecule has 2 aromatic heterocycles. The number of ketones is 1. The molecule has 1 aliphatic heterocycles. The van der Waals surface area contributed by atoms with Gasteiger partial charge in [-0.2, -0.15) is 0 Å². The predicted molar refractivity (Wildman–Crippen MR) is 99.2 cm³/mol. The van der Waals surface area contributed by atoms with Crippen LogP contribution in [-0.2, 0) is 16.3 Å². The van der Waals surface area contributed by atoms with Crippen LogP contribution < -0.4 is 0 Å². The second-order valence-electron chi connectivity index (χ2n) is 6.49. The van der Waals surface area contributed by atoms with Crippen LogP contribution in [0.25, 0.3) is 0 Å². The molecule has 0 amide bonds. The summed E-state index contributed by atoms with van der Waals surface area (Å²) in [5.41, 5.74) is 3.53. The Kier molecular flexibility index (Phi) is 5.11. The number of hydrogen-bond donors (Lipinski definition) is 1. The molecule has 0 saturated carbocycles. The van der Waals surface area contributed by atoms with Crippen LogP contribution in [0.1, 0.15) is 46.8 Å². The van der Waals surface area contributed by atoms with Gasteiger partial charge in [-0.05, 0) is 32.8 Å². The first-order chi connectivity index (χ1) is 11.8. The highest BCUT2D eigenvalue weighted by Gasteiger charge is 2.31. The summed E-state index contributed by atoms with van der Waals surface area (Å²) in [6.07, 6.45) is 3.29. The quantitative estimate of drug-likeness (QED) is 0.614. The normalized spacial score (nSPS) is 19.4. The van der Waals surface area contributed by atoms with Crippen molar-refractivity contribution in [1.82, 2.24) is 14.5 Å². The summed E-state index contributed by atoms with van der Waals surface area (Å²) in [6, 6.07) is 1.82. The largest absolute Gasteiger partial charge is 0.344 e. The number of rotatable bonds is 6. The van der Waals surface area contributed by atoms with Crippen molar-refractivity contribution in [1.29, 1.82) is 0 Å². The fourth-order valence-electron chi connectivity index (χ4n) is 3.40. The van der Waals surface area contributed by atoms with Gasteiger partial charge in [0.15, 0.2) is 20.8 Å². The number of hydrogen-bond acceptors (Lipinski definition) is 5. The number of aromatic nitrogens is 3. The number of thioether (sulfide) groups is 1. The maximum absolute atomic E-state index is 12.6. The van der Waals surface area contributed by atoms with Crippen molar-refractivity contribution in [3.05, 3.63) is 34.9 Å². The van der Waals surface area contributed by atoms with Gasteiger partial charge in [0.25, 0.3) is 0 Å². The summed E-state index contributed by atoms with van der Waals surface area (Å²) in [7, 11) is -2.96. The number of carbonyl (C=O) groups is 1. The second-order valence-corrected chi connectivity index (χ2v) is 9.68. The zero-order chi connectivity index (χ0) is 18.2. The van der Waals surface area contributed by atoms with E-state index in [9.17, 15) is 13.2 Å². The van der Waals surface area contributed by atoms with Gasteiger partial charge in [0.1, 0.15) is 0 Å². The number of aryl methyl sites for hydroxylation is 2. The Hall–Kier alpha value is -1.54. The lowest BCUT2D eigenvalue weighted by molar-refractivity contribution is 0.102. The van der Waals surface area contributed by atoms with Crippen LogP contribution in [0.5, 0.6) is 0 Å². The minimum atomic E-state index is -2.96. The van der Waals surface area contributed by atoms with Crippen molar-refractivity contribution in [2.75, 3.05) is 17.3 Å². The molecule has 1 saturated heterocycles. The van der Waals surface area contributed by atoms with E-state index in [1.165, 1.54) is 11.8 Å². The van der Waals surface area contributed by atoms with Gasteiger partial charge in [0, 0.05) is 34.9 Å². The first kappa shape index (κ1) is 18.3. The molecule has 0 spiro atoms. The van der Waals surface area contributed by atoms with Gasteiger partial charge in [0.05, 0.1) is 17.3 Å². The fraction of sp³-hybridized carbons (Fsp3) is 0.529. The lowest BCUT2D eigenvalue weighted by Crippen LogP contribution is -2.14. The molecule has 0 unspecified atom stereocenters. The van der Waals surface area contributed by atoms with Crippen LogP contribution >= 0.6 is 11.8 Å². The number of carbonyl (C=O) groups excluding carboxylic acids is 1. The zero-order valence-electron chi connectivity index (χ0n) is 14.7. The Bertz CT molecular complexity index is 896. The Morgan fingerprint density at radius 3 is 2.80 bits per heavy atom. The van der Waals surface area contributed by atoms with E-state index in [-0.39, 0.29) is 23.3 Å². The number of imidazole rings is 1. The Balaban J connectivity index is 1.74. The van der Waals surface area contributed by atoms with E-state index in [1.807, 2.05) is 31.4 Å². The van der Waals surface area contributed by atoms with Gasteiger partial charge in [-0.1, -0.05) is 18.7 Å². The lowest BCUT2D eigenvalue weighted by Gasteiger charge is -2.16. The summed E-state index contributed by atoms with van der Waals surface area (Å²) in [6.45, 7) is 5.88. The Labute approximate surface area is 152 Å². The molecule has 6 nitrogen and oxygen atoms in total. The van der Waals surface area contributed by atoms with E-state index >= 15 is 0 Å². The van der Waals surface area contributed by atoms with Crippen LogP contribution in [0, 0.1) is 13.8 Å². The highest BCUT2D eigenvalue weighted by atomic mass is 32.2. The fourth-order valence-corrected chi connectivity index (χ4v) is 5.86. The smallest absolute Gasteiger partial charge is 0.175 e. The highest BCUT2D eigenvalue weighted by Crippen LogP contribution is 2.30. The zero-order valence-corrected chi connectivity index (χ0v) is 16.3. The molecule has 136 valence electrons. The van der Waals surface area contributed by atoms with Crippen molar-refractivity contribution in [2.45, 2.75) is 44.8 Å². The van der Waals surface area contributed by atoms with Crippen LogP contribution in [0.15, 0.2) is 17.4 Å². The van der Waals surface area contributed by atoms with E-state index in [4.69, 9.17) is 0 Å². The number of sulfone groups is 1. The van der Waals surface area contributed by atoms with Crippen LogP contribution in [0.2, 0.25) is 0 Å². The van der Waals surface area contributed by atoms with Crippen molar-refractivity contribution in [2.24, 2.45) is 0 Å². The summed E-state index contributed by atoms with van der Waals surface area (Å²) in [4.78, 5) is 20.1. The lowest BCUT2D eigenvalue weighted by atomic mass is 10.2. The third-order valence-electron chi connectivity index (χ3n) is 4.68. The monoisotopic (exact) mass is 381 g/mol. The minimum Gasteiger partial charge on any atom is -0.344 e. The Morgan fingerprint density at radius 2 is 2.20 bits per heavy atom. The first-order valence-electron chi connectivity index (χ1n) is 8.39. The van der Waals surface area contributed by atoms with Crippen molar-refractivity contribution >= 4 is 27.4 Å². The van der Waals surface area contributed by atoms with Crippen molar-refractivity contribution < 1.29 is 13.2 Å². The second kappa shape index (κ2) is 6.99. The highest BCUT2D eigenvalue weighted by molar-refractivity contribution is 7.99. The molecular formula is C17H23N3O3S2. The van der Waals surface area contributed by atoms with E-state index in [2.05, 4.69) is 9.97 Å². The molecule has 0 aliphatic carbocycles. The average Bonchev–Trinajstić information content (AvgIpc) is 3.23. The van der Waals surface area contributed by atoms with Gasteiger partial charge in [-0.25, -0.2) is 13.4 Å². The maximum Gasteiger partial charge on any atom is 0.175 e. The maximum atomic E-state index is 12.6. The molecule has 0 radical (unpaired) electrons. The molecule has 1 aliphatic rings. The molecule has 1 N–H and O–H groups in total. The SMILES string of the molecule is CCc1cnc(SCC(=O)c2cc(C)n([C@@H]3CCS(=O)(=O)C3)c2C)[nH]1. The van der Waals surface area contributed by atoms with Gasteiger partial charge in [-0.15, -0.1) is 0 Å². The van der Waals surface area contributed by atoms with Crippen LogP contribution in [-0.4, -0.2) is 46.0 Å². The summed E-state index contributed by atoms with van der Waals surface area (Å²) in [5.74, 6) is 0.744. The molecule has 1 fully saturated rings. The molecule has 2 aromatic rings. The molecule has 25 heavy (non-hydrogen) atoms. The standard InChI is InChI=1S/C17H23N3O3S2/c1-4-13-8-18-17(19-13)24-9-16(21)15-7-11(2)20(12(15)3)14-5-6-25(22,23)10-14/h7-8,14H,4-6,9-10H2,1-3H3,(H,18,19)/t14-/m1/s1. The Morgan fingerprint density at radius 1 is 1.44 bits per heavy atom. The molecule has 8 heteroatoms.